The summed E-state index contributed by atoms with van der Waals surface area (Å²) in [7, 11) is 0. The highest BCUT2D eigenvalue weighted by atomic mass is 35.5. The normalized spacial score (nSPS) is 10.3. The van der Waals surface area contributed by atoms with Crippen LogP contribution >= 0.6 is 11.6 Å². The molecule has 2 aromatic carbocycles. The fourth-order valence-corrected chi connectivity index (χ4v) is 1.86. The van der Waals surface area contributed by atoms with Crippen molar-refractivity contribution in [3.63, 3.8) is 0 Å². The highest BCUT2D eigenvalue weighted by Gasteiger charge is 2.20. The van der Waals surface area contributed by atoms with E-state index < -0.39 is 22.2 Å². The molecular formula is C14H11ClFNO3. The number of halogens is 2. The first-order valence-corrected chi connectivity index (χ1v) is 6.32. The molecule has 0 aliphatic carbocycles. The number of nitrogens with zero attached hydrogens (tertiary/aromatic N) is 1. The molecule has 0 saturated carbocycles. The molecule has 0 radical (unpaired) electrons. The summed E-state index contributed by atoms with van der Waals surface area (Å²) in [5.74, 6) is -0.561. The van der Waals surface area contributed by atoms with Gasteiger partial charge in [-0.25, -0.2) is 4.39 Å². The molecule has 0 heterocycles. The summed E-state index contributed by atoms with van der Waals surface area (Å²) < 4.78 is 19.2. The van der Waals surface area contributed by atoms with E-state index in [9.17, 15) is 14.5 Å². The second-order valence-electron chi connectivity index (χ2n) is 4.18. The summed E-state index contributed by atoms with van der Waals surface area (Å²) in [5, 5.41) is 10.9. The molecule has 0 aliphatic heterocycles. The minimum atomic E-state index is -0.783. The molecule has 0 bridgehead atoms. The molecule has 2 aromatic rings. The van der Waals surface area contributed by atoms with Gasteiger partial charge in [0.05, 0.1) is 4.92 Å². The van der Waals surface area contributed by atoms with Crippen molar-refractivity contribution in [1.82, 2.24) is 0 Å². The number of hydrogen-bond acceptors (Lipinski definition) is 3. The van der Waals surface area contributed by atoms with Crippen molar-refractivity contribution in [2.24, 2.45) is 0 Å². The second-order valence-corrected chi connectivity index (χ2v) is 4.45. The Morgan fingerprint density at radius 2 is 2.10 bits per heavy atom. The Morgan fingerprint density at radius 3 is 2.75 bits per heavy atom. The van der Waals surface area contributed by atoms with Crippen LogP contribution in [0.4, 0.5) is 10.1 Å². The number of benzene rings is 2. The van der Waals surface area contributed by atoms with Gasteiger partial charge in [0, 0.05) is 11.9 Å². The number of alkyl halides is 1. The van der Waals surface area contributed by atoms with Gasteiger partial charge in [-0.1, -0.05) is 18.2 Å². The number of hydrogen-bond donors (Lipinski definition) is 0. The Balaban J connectivity index is 2.47. The van der Waals surface area contributed by atoms with Crippen LogP contribution in [0.2, 0.25) is 0 Å². The van der Waals surface area contributed by atoms with Crippen LogP contribution in [-0.4, -0.2) is 4.92 Å². The molecule has 0 fully saturated rings. The van der Waals surface area contributed by atoms with E-state index in [1.54, 1.807) is 19.1 Å². The van der Waals surface area contributed by atoms with Crippen LogP contribution in [0.15, 0.2) is 36.4 Å². The highest BCUT2D eigenvalue weighted by Crippen LogP contribution is 2.35. The van der Waals surface area contributed by atoms with E-state index >= 15 is 0 Å². The zero-order chi connectivity index (χ0) is 14.7. The minimum Gasteiger partial charge on any atom is -0.447 e. The van der Waals surface area contributed by atoms with Crippen LogP contribution in [0.5, 0.6) is 11.5 Å². The van der Waals surface area contributed by atoms with Crippen molar-refractivity contribution in [1.29, 1.82) is 0 Å². The average Bonchev–Trinajstić information content (AvgIpc) is 2.43. The second kappa shape index (κ2) is 5.88. The monoisotopic (exact) mass is 295 g/mol. The van der Waals surface area contributed by atoms with Crippen molar-refractivity contribution in [3.8, 4) is 11.5 Å². The van der Waals surface area contributed by atoms with Crippen molar-refractivity contribution < 1.29 is 14.1 Å². The average molecular weight is 296 g/mol. The Bertz CT molecular complexity index is 661. The van der Waals surface area contributed by atoms with Crippen LogP contribution in [0, 0.1) is 22.9 Å². The van der Waals surface area contributed by atoms with Crippen LogP contribution < -0.4 is 4.74 Å². The van der Waals surface area contributed by atoms with Gasteiger partial charge in [0.2, 0.25) is 5.75 Å². The summed E-state index contributed by atoms with van der Waals surface area (Å²) in [6, 6.07) is 8.79. The Labute approximate surface area is 119 Å². The molecule has 0 N–H and O–H groups in total. The maximum Gasteiger partial charge on any atom is 0.314 e. The van der Waals surface area contributed by atoms with E-state index in [1.165, 1.54) is 12.1 Å². The number of ether oxygens (including phenoxy) is 1. The Hall–Kier alpha value is -2.14. The van der Waals surface area contributed by atoms with Crippen molar-refractivity contribution >= 4 is 17.3 Å². The number of rotatable bonds is 4. The topological polar surface area (TPSA) is 52.4 Å². The SMILES string of the molecule is Cc1ccc(CCl)cc1Oc1c(F)cccc1[N+](=O)[O-]. The molecule has 2 rings (SSSR count). The first kappa shape index (κ1) is 14.3. The zero-order valence-corrected chi connectivity index (χ0v) is 11.4. The zero-order valence-electron chi connectivity index (χ0n) is 10.6. The van der Waals surface area contributed by atoms with E-state index in [0.29, 0.717) is 5.75 Å². The molecule has 6 heteroatoms. The lowest BCUT2D eigenvalue weighted by Crippen LogP contribution is -1.97. The molecule has 104 valence electrons. The number of nitro groups is 1. The quantitative estimate of drug-likeness (QED) is 0.471. The highest BCUT2D eigenvalue weighted by molar-refractivity contribution is 6.17. The maximum absolute atomic E-state index is 13.8. The van der Waals surface area contributed by atoms with Crippen molar-refractivity contribution in [2.75, 3.05) is 0 Å². The Kier molecular flexibility index (Phi) is 4.20. The molecule has 0 spiro atoms. The molecular weight excluding hydrogens is 285 g/mol. The van der Waals surface area contributed by atoms with Gasteiger partial charge < -0.3 is 4.74 Å². The fourth-order valence-electron chi connectivity index (χ4n) is 1.69. The first-order chi connectivity index (χ1) is 9.52. The molecule has 0 aliphatic rings. The van der Waals surface area contributed by atoms with E-state index in [4.69, 9.17) is 16.3 Å². The predicted molar refractivity (Wildman–Crippen MR) is 73.9 cm³/mol. The van der Waals surface area contributed by atoms with Crippen LogP contribution in [-0.2, 0) is 5.88 Å². The summed E-state index contributed by atoms with van der Waals surface area (Å²) in [6.07, 6.45) is 0. The number of para-hydroxylation sites is 1. The van der Waals surface area contributed by atoms with Crippen LogP contribution in [0.25, 0.3) is 0 Å². The van der Waals surface area contributed by atoms with Gasteiger partial charge in [0.25, 0.3) is 0 Å². The maximum atomic E-state index is 13.8. The molecule has 0 aromatic heterocycles. The molecule has 0 atom stereocenters. The summed E-state index contributed by atoms with van der Waals surface area (Å²) in [6.45, 7) is 1.76. The van der Waals surface area contributed by atoms with Crippen molar-refractivity contribution in [2.45, 2.75) is 12.8 Å². The van der Waals surface area contributed by atoms with E-state index in [1.807, 2.05) is 6.07 Å². The number of nitro benzene ring substituents is 1. The molecule has 0 unspecified atom stereocenters. The third-order valence-electron chi connectivity index (χ3n) is 2.76. The fraction of sp³-hybridized carbons (Fsp3) is 0.143. The van der Waals surface area contributed by atoms with E-state index in [2.05, 4.69) is 0 Å². The molecule has 20 heavy (non-hydrogen) atoms. The smallest absolute Gasteiger partial charge is 0.314 e. The van der Waals surface area contributed by atoms with Crippen LogP contribution in [0.1, 0.15) is 11.1 Å². The lowest BCUT2D eigenvalue weighted by Gasteiger charge is -2.10. The van der Waals surface area contributed by atoms with Gasteiger partial charge in [-0.3, -0.25) is 10.1 Å². The van der Waals surface area contributed by atoms with Gasteiger partial charge in [-0.2, -0.15) is 0 Å². The molecule has 0 saturated heterocycles. The number of aryl methyl sites for hydroxylation is 1. The van der Waals surface area contributed by atoms with Gasteiger partial charge >= 0.3 is 5.69 Å². The minimum absolute atomic E-state index is 0.274. The third-order valence-corrected chi connectivity index (χ3v) is 3.07. The summed E-state index contributed by atoms with van der Waals surface area (Å²) in [4.78, 5) is 10.2. The van der Waals surface area contributed by atoms with Gasteiger partial charge in [0.1, 0.15) is 5.75 Å². The summed E-state index contributed by atoms with van der Waals surface area (Å²) in [5.41, 5.74) is 1.10. The van der Waals surface area contributed by atoms with Gasteiger partial charge in [-0.15, -0.1) is 11.6 Å². The van der Waals surface area contributed by atoms with Gasteiger partial charge in [-0.05, 0) is 30.2 Å². The lowest BCUT2D eigenvalue weighted by atomic mass is 10.1. The van der Waals surface area contributed by atoms with Crippen molar-refractivity contribution in [3.05, 3.63) is 63.5 Å². The largest absolute Gasteiger partial charge is 0.447 e. The summed E-state index contributed by atoms with van der Waals surface area (Å²) >= 11 is 5.73. The van der Waals surface area contributed by atoms with E-state index in [0.717, 1.165) is 17.2 Å². The first-order valence-electron chi connectivity index (χ1n) is 5.79. The Morgan fingerprint density at radius 1 is 1.35 bits per heavy atom. The van der Waals surface area contributed by atoms with Gasteiger partial charge in [0.15, 0.2) is 5.82 Å². The lowest BCUT2D eigenvalue weighted by molar-refractivity contribution is -0.385. The predicted octanol–water partition coefficient (Wildman–Crippen LogP) is 4.57. The molecule has 0 amide bonds. The van der Waals surface area contributed by atoms with E-state index in [-0.39, 0.29) is 5.88 Å². The van der Waals surface area contributed by atoms with Crippen LogP contribution in [0.3, 0.4) is 0 Å². The standard InChI is InChI=1S/C14H11ClFNO3/c1-9-5-6-10(8-15)7-13(9)20-14-11(16)3-2-4-12(14)17(18)19/h2-7H,8H2,1H3. The molecule has 4 nitrogen and oxygen atoms in total. The third kappa shape index (κ3) is 2.88.